The Hall–Kier alpha value is -0.613. The van der Waals surface area contributed by atoms with Crippen LogP contribution >= 0.6 is 0 Å². The highest BCUT2D eigenvalue weighted by atomic mass is 28.3. The van der Waals surface area contributed by atoms with Gasteiger partial charge in [-0.2, -0.15) is 5.10 Å². The second-order valence-corrected chi connectivity index (χ2v) is 10.5. The lowest BCUT2D eigenvalue weighted by Crippen LogP contribution is -2.22. The van der Waals surface area contributed by atoms with Gasteiger partial charge in [-0.1, -0.05) is 19.6 Å². The molecule has 0 saturated carbocycles. The number of aromatic nitrogens is 2. The summed E-state index contributed by atoms with van der Waals surface area (Å²) in [7, 11) is -0.945. The van der Waals surface area contributed by atoms with Crippen LogP contribution in [0.3, 0.4) is 0 Å². The van der Waals surface area contributed by atoms with Crippen LogP contribution < -0.4 is 0 Å². The molecule has 80 valence electrons. The molecule has 0 aliphatic heterocycles. The zero-order chi connectivity index (χ0) is 10.6. The van der Waals surface area contributed by atoms with Crippen LogP contribution in [0, 0.1) is 6.92 Å². The predicted octanol–water partition coefficient (Wildman–Crippen LogP) is 2.50. The van der Waals surface area contributed by atoms with Crippen molar-refractivity contribution in [3.05, 3.63) is 18.0 Å². The normalized spacial score (nSPS) is 12.0. The van der Waals surface area contributed by atoms with E-state index in [0.717, 1.165) is 6.61 Å². The summed E-state index contributed by atoms with van der Waals surface area (Å²) in [5.74, 6) is 0. The number of nitrogens with zero attached hydrogens (tertiary/aromatic N) is 2. The van der Waals surface area contributed by atoms with Crippen molar-refractivity contribution in [2.45, 2.75) is 39.3 Å². The van der Waals surface area contributed by atoms with Crippen molar-refractivity contribution in [2.24, 2.45) is 0 Å². The molecule has 1 aromatic rings. The molecule has 0 amide bonds. The molecule has 0 N–H and O–H groups in total. The maximum atomic E-state index is 5.54. The predicted molar refractivity (Wildman–Crippen MR) is 61.1 cm³/mol. The number of aryl methyl sites for hydroxylation is 1. The molecule has 0 aliphatic carbocycles. The van der Waals surface area contributed by atoms with Crippen molar-refractivity contribution in [1.29, 1.82) is 0 Å². The maximum absolute atomic E-state index is 5.54. The van der Waals surface area contributed by atoms with Crippen LogP contribution in [0.1, 0.15) is 5.56 Å². The molecule has 0 radical (unpaired) electrons. The third-order valence-corrected chi connectivity index (χ3v) is 3.69. The van der Waals surface area contributed by atoms with Gasteiger partial charge in [0, 0.05) is 20.9 Å². The number of rotatable bonds is 5. The topological polar surface area (TPSA) is 27.1 Å². The first-order valence-electron chi connectivity index (χ1n) is 5.04. The molecule has 1 rings (SSSR count). The van der Waals surface area contributed by atoms with E-state index in [-0.39, 0.29) is 0 Å². The van der Waals surface area contributed by atoms with Crippen molar-refractivity contribution < 1.29 is 4.74 Å². The summed E-state index contributed by atoms with van der Waals surface area (Å²) in [6.45, 7) is 10.5. The first kappa shape index (κ1) is 11.5. The SMILES string of the molecule is Cc1cnn(COCC[Si](C)(C)C)c1. The number of hydrogen-bond acceptors (Lipinski definition) is 2. The quantitative estimate of drug-likeness (QED) is 0.554. The Morgan fingerprint density at radius 2 is 2.14 bits per heavy atom. The Bertz CT molecular complexity index is 278. The average Bonchev–Trinajstić information content (AvgIpc) is 2.44. The van der Waals surface area contributed by atoms with Gasteiger partial charge in [0.05, 0.1) is 6.20 Å². The second kappa shape index (κ2) is 4.75. The standard InChI is InChI=1S/C10H20N2OSi/c1-10-7-11-12(8-10)9-13-5-6-14(2,3)4/h7-8H,5-6,9H2,1-4H3. The van der Waals surface area contributed by atoms with E-state index in [1.54, 1.807) is 0 Å². The van der Waals surface area contributed by atoms with Crippen LogP contribution in [0.15, 0.2) is 12.4 Å². The maximum Gasteiger partial charge on any atom is 0.139 e. The lowest BCUT2D eigenvalue weighted by Gasteiger charge is -2.15. The molecular weight excluding hydrogens is 192 g/mol. The molecular formula is C10H20N2OSi. The van der Waals surface area contributed by atoms with E-state index in [4.69, 9.17) is 4.74 Å². The number of ether oxygens (including phenoxy) is 1. The van der Waals surface area contributed by atoms with E-state index in [2.05, 4.69) is 24.7 Å². The molecule has 0 fully saturated rings. The van der Waals surface area contributed by atoms with Crippen molar-refractivity contribution in [2.75, 3.05) is 6.61 Å². The van der Waals surface area contributed by atoms with Gasteiger partial charge in [0.15, 0.2) is 0 Å². The summed E-state index contributed by atoms with van der Waals surface area (Å²) in [5, 5.41) is 4.15. The van der Waals surface area contributed by atoms with Crippen molar-refractivity contribution in [3.8, 4) is 0 Å². The van der Waals surface area contributed by atoms with Crippen molar-refractivity contribution >= 4 is 8.07 Å². The molecule has 0 unspecified atom stereocenters. The molecule has 14 heavy (non-hydrogen) atoms. The Morgan fingerprint density at radius 1 is 1.43 bits per heavy atom. The van der Waals surface area contributed by atoms with E-state index in [0.29, 0.717) is 6.73 Å². The number of hydrogen-bond donors (Lipinski definition) is 0. The van der Waals surface area contributed by atoms with Crippen LogP contribution in [-0.2, 0) is 11.5 Å². The van der Waals surface area contributed by atoms with Gasteiger partial charge in [0.1, 0.15) is 6.73 Å². The first-order valence-corrected chi connectivity index (χ1v) is 8.75. The monoisotopic (exact) mass is 212 g/mol. The van der Waals surface area contributed by atoms with Crippen LogP contribution in [-0.4, -0.2) is 24.5 Å². The molecule has 0 saturated heterocycles. The lowest BCUT2D eigenvalue weighted by atomic mass is 10.4. The first-order chi connectivity index (χ1) is 6.47. The average molecular weight is 212 g/mol. The minimum atomic E-state index is -0.945. The molecule has 0 atom stereocenters. The third-order valence-electron chi connectivity index (χ3n) is 1.98. The van der Waals surface area contributed by atoms with Crippen LogP contribution in [0.2, 0.25) is 25.7 Å². The molecule has 0 aromatic carbocycles. The molecule has 0 bridgehead atoms. The van der Waals surface area contributed by atoms with Gasteiger partial charge >= 0.3 is 0 Å². The van der Waals surface area contributed by atoms with Gasteiger partial charge in [-0.15, -0.1) is 0 Å². The van der Waals surface area contributed by atoms with Gasteiger partial charge in [-0.25, -0.2) is 4.68 Å². The Kier molecular flexibility index (Phi) is 3.89. The van der Waals surface area contributed by atoms with Crippen LogP contribution in [0.25, 0.3) is 0 Å². The third kappa shape index (κ3) is 4.57. The summed E-state index contributed by atoms with van der Waals surface area (Å²) >= 11 is 0. The van der Waals surface area contributed by atoms with Gasteiger partial charge < -0.3 is 4.74 Å². The fraction of sp³-hybridized carbons (Fsp3) is 0.700. The molecule has 3 nitrogen and oxygen atoms in total. The summed E-state index contributed by atoms with van der Waals surface area (Å²) in [4.78, 5) is 0. The summed E-state index contributed by atoms with van der Waals surface area (Å²) < 4.78 is 7.38. The van der Waals surface area contributed by atoms with E-state index in [1.165, 1.54) is 11.6 Å². The van der Waals surface area contributed by atoms with E-state index in [9.17, 15) is 0 Å². The van der Waals surface area contributed by atoms with E-state index >= 15 is 0 Å². The van der Waals surface area contributed by atoms with E-state index in [1.807, 2.05) is 24.0 Å². The Labute approximate surface area is 87.1 Å². The van der Waals surface area contributed by atoms with Crippen LogP contribution in [0.4, 0.5) is 0 Å². The fourth-order valence-corrected chi connectivity index (χ4v) is 1.83. The highest BCUT2D eigenvalue weighted by Crippen LogP contribution is 2.07. The highest BCUT2D eigenvalue weighted by Gasteiger charge is 2.11. The Balaban J connectivity index is 2.16. The van der Waals surface area contributed by atoms with Gasteiger partial charge in [-0.05, 0) is 18.5 Å². The summed E-state index contributed by atoms with van der Waals surface area (Å²) in [5.41, 5.74) is 1.18. The molecule has 1 aromatic heterocycles. The van der Waals surface area contributed by atoms with Crippen LogP contribution in [0.5, 0.6) is 0 Å². The summed E-state index contributed by atoms with van der Waals surface area (Å²) in [6.07, 6.45) is 3.84. The molecule has 0 aliphatic rings. The molecule has 1 heterocycles. The van der Waals surface area contributed by atoms with Gasteiger partial charge in [0.2, 0.25) is 0 Å². The smallest absolute Gasteiger partial charge is 0.139 e. The summed E-state index contributed by atoms with van der Waals surface area (Å²) in [6, 6.07) is 1.22. The second-order valence-electron chi connectivity index (χ2n) is 4.91. The van der Waals surface area contributed by atoms with Gasteiger partial charge in [-0.3, -0.25) is 0 Å². The Morgan fingerprint density at radius 3 is 2.64 bits per heavy atom. The largest absolute Gasteiger partial charge is 0.360 e. The minimum absolute atomic E-state index is 0.582. The van der Waals surface area contributed by atoms with Gasteiger partial charge in [0.25, 0.3) is 0 Å². The minimum Gasteiger partial charge on any atom is -0.360 e. The molecule has 0 spiro atoms. The lowest BCUT2D eigenvalue weighted by molar-refractivity contribution is 0.0785. The van der Waals surface area contributed by atoms with Crippen molar-refractivity contribution in [1.82, 2.24) is 9.78 Å². The zero-order valence-electron chi connectivity index (χ0n) is 9.58. The zero-order valence-corrected chi connectivity index (χ0v) is 10.6. The van der Waals surface area contributed by atoms with Crippen molar-refractivity contribution in [3.63, 3.8) is 0 Å². The molecule has 4 heteroatoms. The fourth-order valence-electron chi connectivity index (χ4n) is 1.07. The van der Waals surface area contributed by atoms with E-state index < -0.39 is 8.07 Å². The highest BCUT2D eigenvalue weighted by molar-refractivity contribution is 6.76.